The van der Waals surface area contributed by atoms with Crippen LogP contribution in [0.4, 0.5) is 4.79 Å². The largest absolute Gasteiger partial charge is 0.378 e. The Morgan fingerprint density at radius 3 is 2.67 bits per heavy atom. The molecule has 1 N–H and O–H groups in total. The lowest BCUT2D eigenvalue weighted by Gasteiger charge is -2.26. The number of benzene rings is 1. The van der Waals surface area contributed by atoms with E-state index in [0.717, 1.165) is 11.3 Å². The number of carbonyl (C=O) groups excluding carboxylic acids is 1. The fourth-order valence-electron chi connectivity index (χ4n) is 2.24. The SMILES string of the molecule is O=C(NCc1ccc(-n2cccn2)cc1)N1CCOCC1. The molecule has 1 saturated heterocycles. The molecular weight excluding hydrogens is 268 g/mol. The first-order chi connectivity index (χ1) is 10.3. The molecule has 0 aliphatic carbocycles. The summed E-state index contributed by atoms with van der Waals surface area (Å²) in [5, 5.41) is 7.11. The molecule has 21 heavy (non-hydrogen) atoms. The molecule has 1 aliphatic heterocycles. The van der Waals surface area contributed by atoms with Crippen molar-refractivity contribution >= 4 is 6.03 Å². The van der Waals surface area contributed by atoms with Crippen LogP contribution in [0, 0.1) is 0 Å². The summed E-state index contributed by atoms with van der Waals surface area (Å²) in [6.45, 7) is 3.07. The third-order valence-corrected chi connectivity index (χ3v) is 3.45. The number of rotatable bonds is 3. The van der Waals surface area contributed by atoms with E-state index in [9.17, 15) is 4.79 Å². The Labute approximate surface area is 123 Å². The van der Waals surface area contributed by atoms with Gasteiger partial charge in [-0.1, -0.05) is 12.1 Å². The van der Waals surface area contributed by atoms with Gasteiger partial charge in [-0.3, -0.25) is 0 Å². The Hall–Kier alpha value is -2.34. The second-order valence-electron chi connectivity index (χ2n) is 4.88. The van der Waals surface area contributed by atoms with Crippen LogP contribution in [0.2, 0.25) is 0 Å². The van der Waals surface area contributed by atoms with Gasteiger partial charge < -0.3 is 15.0 Å². The van der Waals surface area contributed by atoms with E-state index in [1.807, 2.05) is 36.5 Å². The minimum atomic E-state index is -0.0329. The minimum absolute atomic E-state index is 0.0329. The Kier molecular flexibility index (Phi) is 4.16. The van der Waals surface area contributed by atoms with Crippen molar-refractivity contribution in [3.63, 3.8) is 0 Å². The van der Waals surface area contributed by atoms with Crippen molar-refractivity contribution < 1.29 is 9.53 Å². The topological polar surface area (TPSA) is 59.4 Å². The van der Waals surface area contributed by atoms with E-state index < -0.39 is 0 Å². The maximum Gasteiger partial charge on any atom is 0.317 e. The van der Waals surface area contributed by atoms with E-state index in [0.29, 0.717) is 32.8 Å². The number of nitrogens with zero attached hydrogens (tertiary/aromatic N) is 3. The maximum absolute atomic E-state index is 12.0. The van der Waals surface area contributed by atoms with Crippen molar-refractivity contribution in [1.82, 2.24) is 20.0 Å². The van der Waals surface area contributed by atoms with Crippen LogP contribution in [-0.2, 0) is 11.3 Å². The molecular formula is C15H18N4O2. The molecule has 0 bridgehead atoms. The van der Waals surface area contributed by atoms with E-state index in [2.05, 4.69) is 10.4 Å². The first-order valence-corrected chi connectivity index (χ1v) is 7.02. The second-order valence-corrected chi connectivity index (χ2v) is 4.88. The molecule has 2 aromatic rings. The zero-order valence-corrected chi connectivity index (χ0v) is 11.7. The lowest BCUT2D eigenvalue weighted by atomic mass is 10.2. The van der Waals surface area contributed by atoms with E-state index in [-0.39, 0.29) is 6.03 Å². The van der Waals surface area contributed by atoms with Crippen molar-refractivity contribution in [3.8, 4) is 5.69 Å². The predicted octanol–water partition coefficient (Wildman–Crippen LogP) is 1.41. The maximum atomic E-state index is 12.0. The summed E-state index contributed by atoms with van der Waals surface area (Å²) >= 11 is 0. The molecule has 0 atom stereocenters. The van der Waals surface area contributed by atoms with Gasteiger partial charge in [0.15, 0.2) is 0 Å². The van der Waals surface area contributed by atoms with Gasteiger partial charge in [-0.15, -0.1) is 0 Å². The van der Waals surface area contributed by atoms with Crippen LogP contribution in [0.25, 0.3) is 5.69 Å². The number of carbonyl (C=O) groups is 1. The van der Waals surface area contributed by atoms with Crippen LogP contribution in [0.15, 0.2) is 42.7 Å². The quantitative estimate of drug-likeness (QED) is 0.928. The number of urea groups is 1. The molecule has 1 fully saturated rings. The van der Waals surface area contributed by atoms with Gasteiger partial charge in [-0.2, -0.15) is 5.10 Å². The Bertz CT molecular complexity index is 574. The van der Waals surface area contributed by atoms with Crippen molar-refractivity contribution in [2.45, 2.75) is 6.54 Å². The molecule has 1 aromatic carbocycles. The van der Waals surface area contributed by atoms with Crippen LogP contribution in [0.5, 0.6) is 0 Å². The summed E-state index contributed by atoms with van der Waals surface area (Å²) < 4.78 is 7.03. The molecule has 1 aliphatic rings. The second kappa shape index (κ2) is 6.41. The highest BCUT2D eigenvalue weighted by Crippen LogP contribution is 2.08. The molecule has 0 unspecified atom stereocenters. The average molecular weight is 286 g/mol. The van der Waals surface area contributed by atoms with Gasteiger partial charge in [0, 0.05) is 32.0 Å². The van der Waals surface area contributed by atoms with Crippen molar-refractivity contribution in [2.24, 2.45) is 0 Å². The summed E-state index contributed by atoms with van der Waals surface area (Å²) in [6, 6.07) is 9.82. The first kappa shape index (κ1) is 13.6. The van der Waals surface area contributed by atoms with Crippen molar-refractivity contribution in [3.05, 3.63) is 48.3 Å². The molecule has 6 nitrogen and oxygen atoms in total. The summed E-state index contributed by atoms with van der Waals surface area (Å²) in [7, 11) is 0. The number of hydrogen-bond donors (Lipinski definition) is 1. The summed E-state index contributed by atoms with van der Waals surface area (Å²) in [6.07, 6.45) is 3.64. The van der Waals surface area contributed by atoms with E-state index in [4.69, 9.17) is 4.74 Å². The van der Waals surface area contributed by atoms with Crippen LogP contribution in [0.3, 0.4) is 0 Å². The van der Waals surface area contributed by atoms with Gasteiger partial charge in [0.2, 0.25) is 0 Å². The fourth-order valence-corrected chi connectivity index (χ4v) is 2.24. The highest BCUT2D eigenvalue weighted by atomic mass is 16.5. The van der Waals surface area contributed by atoms with E-state index >= 15 is 0 Å². The van der Waals surface area contributed by atoms with Crippen LogP contribution >= 0.6 is 0 Å². The highest BCUT2D eigenvalue weighted by Gasteiger charge is 2.15. The zero-order chi connectivity index (χ0) is 14.5. The summed E-state index contributed by atoms with van der Waals surface area (Å²) in [5.41, 5.74) is 2.07. The third-order valence-electron chi connectivity index (χ3n) is 3.45. The van der Waals surface area contributed by atoms with Crippen LogP contribution in [-0.4, -0.2) is 47.0 Å². The third kappa shape index (κ3) is 3.41. The van der Waals surface area contributed by atoms with Crippen LogP contribution in [0.1, 0.15) is 5.56 Å². The van der Waals surface area contributed by atoms with Gasteiger partial charge >= 0.3 is 6.03 Å². The lowest BCUT2D eigenvalue weighted by Crippen LogP contribution is -2.45. The number of morpholine rings is 1. The predicted molar refractivity (Wildman–Crippen MR) is 78.2 cm³/mol. The lowest BCUT2D eigenvalue weighted by molar-refractivity contribution is 0.0531. The average Bonchev–Trinajstić information content (AvgIpc) is 3.08. The van der Waals surface area contributed by atoms with Gasteiger partial charge in [0.05, 0.1) is 18.9 Å². The first-order valence-electron chi connectivity index (χ1n) is 7.02. The molecule has 3 rings (SSSR count). The summed E-state index contributed by atoms with van der Waals surface area (Å²) in [5.74, 6) is 0. The number of amides is 2. The van der Waals surface area contributed by atoms with E-state index in [1.54, 1.807) is 15.8 Å². The van der Waals surface area contributed by atoms with E-state index in [1.165, 1.54) is 0 Å². The Morgan fingerprint density at radius 2 is 2.00 bits per heavy atom. The molecule has 2 heterocycles. The molecule has 0 radical (unpaired) electrons. The molecule has 0 spiro atoms. The normalized spacial score (nSPS) is 15.0. The Balaban J connectivity index is 1.54. The highest BCUT2D eigenvalue weighted by molar-refractivity contribution is 5.74. The fraction of sp³-hybridized carbons (Fsp3) is 0.333. The number of aromatic nitrogens is 2. The van der Waals surface area contributed by atoms with Gasteiger partial charge in [0.25, 0.3) is 0 Å². The summed E-state index contributed by atoms with van der Waals surface area (Å²) in [4.78, 5) is 13.7. The standard InChI is InChI=1S/C15H18N4O2/c20-15(18-8-10-21-11-9-18)16-12-13-2-4-14(5-3-13)19-7-1-6-17-19/h1-7H,8-12H2,(H,16,20). The molecule has 0 saturated carbocycles. The molecule has 2 amide bonds. The zero-order valence-electron chi connectivity index (χ0n) is 11.7. The van der Waals surface area contributed by atoms with Gasteiger partial charge in [-0.25, -0.2) is 9.48 Å². The Morgan fingerprint density at radius 1 is 1.24 bits per heavy atom. The van der Waals surface area contributed by atoms with Crippen molar-refractivity contribution in [2.75, 3.05) is 26.3 Å². The monoisotopic (exact) mass is 286 g/mol. The van der Waals surface area contributed by atoms with Crippen molar-refractivity contribution in [1.29, 1.82) is 0 Å². The number of hydrogen-bond acceptors (Lipinski definition) is 3. The van der Waals surface area contributed by atoms with Gasteiger partial charge in [-0.05, 0) is 23.8 Å². The molecule has 110 valence electrons. The van der Waals surface area contributed by atoms with Crippen LogP contribution < -0.4 is 5.32 Å². The smallest absolute Gasteiger partial charge is 0.317 e. The van der Waals surface area contributed by atoms with Gasteiger partial charge in [0.1, 0.15) is 0 Å². The molecule has 1 aromatic heterocycles. The minimum Gasteiger partial charge on any atom is -0.378 e. The molecule has 6 heteroatoms. The number of nitrogens with one attached hydrogen (secondary N) is 1. The number of ether oxygens (including phenoxy) is 1.